The lowest BCUT2D eigenvalue weighted by atomic mass is 10.2. The third-order valence-corrected chi connectivity index (χ3v) is 4.85. The van der Waals surface area contributed by atoms with E-state index in [4.69, 9.17) is 16.1 Å². The van der Waals surface area contributed by atoms with Crippen molar-refractivity contribution in [1.29, 1.82) is 0 Å². The van der Waals surface area contributed by atoms with Gasteiger partial charge in [-0.25, -0.2) is 4.98 Å². The van der Waals surface area contributed by atoms with Gasteiger partial charge in [-0.05, 0) is 24.3 Å². The zero-order valence-corrected chi connectivity index (χ0v) is 16.1. The molecule has 0 fully saturated rings. The first-order chi connectivity index (χ1) is 13.7. The molecule has 0 saturated heterocycles. The van der Waals surface area contributed by atoms with Gasteiger partial charge < -0.3 is 9.84 Å². The molecule has 7 nitrogen and oxygen atoms in total. The molecule has 1 amide bonds. The molecule has 1 aromatic carbocycles. The van der Waals surface area contributed by atoms with Crippen LogP contribution in [0.1, 0.15) is 12.3 Å². The Morgan fingerprint density at radius 3 is 2.79 bits per heavy atom. The minimum atomic E-state index is -0.168. The smallest absolute Gasteiger partial charge is 0.227 e. The van der Waals surface area contributed by atoms with Crippen molar-refractivity contribution < 1.29 is 9.32 Å². The third kappa shape index (κ3) is 4.41. The standard InChI is InChI=1S/C19H14ClN5O2S/c20-14-5-3-12(4-6-14)15-11-28-19(22-15)23-16(26)7-8-17-24-18(25-27-17)13-2-1-9-21-10-13/h1-6,9-11H,7-8H2,(H,22,23,26). The Bertz CT molecular complexity index is 1080. The first kappa shape index (κ1) is 18.3. The second kappa shape index (κ2) is 8.28. The van der Waals surface area contributed by atoms with Crippen molar-refractivity contribution in [2.45, 2.75) is 12.8 Å². The number of halogens is 1. The van der Waals surface area contributed by atoms with E-state index in [0.29, 0.717) is 28.3 Å². The largest absolute Gasteiger partial charge is 0.339 e. The number of aromatic nitrogens is 4. The van der Waals surface area contributed by atoms with Gasteiger partial charge in [0.2, 0.25) is 17.6 Å². The van der Waals surface area contributed by atoms with Crippen LogP contribution >= 0.6 is 22.9 Å². The summed E-state index contributed by atoms with van der Waals surface area (Å²) in [6.07, 6.45) is 3.88. The average Bonchev–Trinajstić information content (AvgIpc) is 3.37. The van der Waals surface area contributed by atoms with Gasteiger partial charge in [0.25, 0.3) is 0 Å². The normalized spacial score (nSPS) is 10.8. The number of aryl methyl sites for hydroxylation is 1. The molecule has 4 rings (SSSR count). The van der Waals surface area contributed by atoms with Crippen molar-refractivity contribution in [3.05, 3.63) is 65.1 Å². The maximum Gasteiger partial charge on any atom is 0.227 e. The summed E-state index contributed by atoms with van der Waals surface area (Å²) in [4.78, 5) is 24.9. The van der Waals surface area contributed by atoms with Gasteiger partial charge in [0.05, 0.1) is 5.69 Å². The molecule has 3 aromatic heterocycles. The van der Waals surface area contributed by atoms with Gasteiger partial charge in [-0.15, -0.1) is 11.3 Å². The lowest BCUT2D eigenvalue weighted by Crippen LogP contribution is -2.12. The van der Waals surface area contributed by atoms with Crippen molar-refractivity contribution in [2.75, 3.05) is 5.32 Å². The summed E-state index contributed by atoms with van der Waals surface area (Å²) in [7, 11) is 0. The quantitative estimate of drug-likeness (QED) is 0.502. The molecule has 140 valence electrons. The number of amides is 1. The van der Waals surface area contributed by atoms with Gasteiger partial charge >= 0.3 is 0 Å². The van der Waals surface area contributed by atoms with Crippen LogP contribution in [0.2, 0.25) is 5.02 Å². The molecule has 0 bridgehead atoms. The summed E-state index contributed by atoms with van der Waals surface area (Å²) in [5.41, 5.74) is 2.49. The van der Waals surface area contributed by atoms with Gasteiger partial charge in [0.15, 0.2) is 5.13 Å². The molecule has 0 unspecified atom stereocenters. The topological polar surface area (TPSA) is 93.8 Å². The van der Waals surface area contributed by atoms with Gasteiger partial charge in [-0.3, -0.25) is 9.78 Å². The number of pyridine rings is 1. The molecule has 0 spiro atoms. The Morgan fingerprint density at radius 2 is 2.00 bits per heavy atom. The van der Waals surface area contributed by atoms with Crippen molar-refractivity contribution in [1.82, 2.24) is 20.1 Å². The van der Waals surface area contributed by atoms with Gasteiger partial charge in [-0.2, -0.15) is 4.98 Å². The molecule has 3 heterocycles. The predicted molar refractivity (Wildman–Crippen MR) is 107 cm³/mol. The van der Waals surface area contributed by atoms with E-state index in [1.54, 1.807) is 30.6 Å². The molecule has 1 N–H and O–H groups in total. The van der Waals surface area contributed by atoms with Crippen LogP contribution < -0.4 is 5.32 Å². The highest BCUT2D eigenvalue weighted by Crippen LogP contribution is 2.26. The van der Waals surface area contributed by atoms with Crippen LogP contribution in [-0.4, -0.2) is 26.0 Å². The monoisotopic (exact) mass is 411 g/mol. The van der Waals surface area contributed by atoms with Gasteiger partial charge in [0, 0.05) is 46.8 Å². The molecule has 0 saturated carbocycles. The Labute approximate surface area is 169 Å². The number of carbonyl (C=O) groups excluding carboxylic acids is 1. The zero-order chi connectivity index (χ0) is 19.3. The highest BCUT2D eigenvalue weighted by molar-refractivity contribution is 7.14. The van der Waals surface area contributed by atoms with E-state index in [-0.39, 0.29) is 12.3 Å². The molecule has 0 atom stereocenters. The van der Waals surface area contributed by atoms with Crippen LogP contribution in [0.5, 0.6) is 0 Å². The molecular weight excluding hydrogens is 398 g/mol. The lowest BCUT2D eigenvalue weighted by Gasteiger charge is -1.99. The lowest BCUT2D eigenvalue weighted by molar-refractivity contribution is -0.116. The number of hydrogen-bond acceptors (Lipinski definition) is 7. The summed E-state index contributed by atoms with van der Waals surface area (Å²) >= 11 is 7.27. The van der Waals surface area contributed by atoms with Gasteiger partial charge in [0.1, 0.15) is 0 Å². The van der Waals surface area contributed by atoms with Crippen molar-refractivity contribution in [2.24, 2.45) is 0 Å². The molecule has 0 aliphatic carbocycles. The summed E-state index contributed by atoms with van der Waals surface area (Å²) in [5, 5.41) is 9.80. The Hall–Kier alpha value is -3.10. The van der Waals surface area contributed by atoms with Crippen molar-refractivity contribution >= 4 is 34.0 Å². The number of hydrogen-bond donors (Lipinski definition) is 1. The highest BCUT2D eigenvalue weighted by atomic mass is 35.5. The number of carbonyl (C=O) groups is 1. The van der Waals surface area contributed by atoms with Crippen LogP contribution in [0.3, 0.4) is 0 Å². The fourth-order valence-electron chi connectivity index (χ4n) is 2.46. The molecule has 9 heteroatoms. The number of thiazole rings is 1. The fraction of sp³-hybridized carbons (Fsp3) is 0.105. The Kier molecular flexibility index (Phi) is 5.41. The molecular formula is C19H14ClN5O2S. The minimum absolute atomic E-state index is 0.168. The molecule has 0 aliphatic rings. The van der Waals surface area contributed by atoms with Crippen LogP contribution in [0.15, 0.2) is 58.7 Å². The van der Waals surface area contributed by atoms with Crippen molar-refractivity contribution in [3.8, 4) is 22.6 Å². The second-order valence-electron chi connectivity index (χ2n) is 5.85. The van der Waals surface area contributed by atoms with Crippen LogP contribution in [0.4, 0.5) is 5.13 Å². The SMILES string of the molecule is O=C(CCc1nc(-c2cccnc2)no1)Nc1nc(-c2ccc(Cl)cc2)cs1. The van der Waals surface area contributed by atoms with E-state index in [0.717, 1.165) is 16.8 Å². The highest BCUT2D eigenvalue weighted by Gasteiger charge is 2.12. The first-order valence-electron chi connectivity index (χ1n) is 8.42. The van der Waals surface area contributed by atoms with Crippen LogP contribution in [0.25, 0.3) is 22.6 Å². The number of anilines is 1. The van der Waals surface area contributed by atoms with Crippen molar-refractivity contribution in [3.63, 3.8) is 0 Å². The maximum absolute atomic E-state index is 12.2. The van der Waals surface area contributed by atoms with E-state index in [2.05, 4.69) is 25.4 Å². The van der Waals surface area contributed by atoms with Gasteiger partial charge in [-0.1, -0.05) is 28.9 Å². The summed E-state index contributed by atoms with van der Waals surface area (Å²) in [6, 6.07) is 11.0. The fourth-order valence-corrected chi connectivity index (χ4v) is 3.32. The van der Waals surface area contributed by atoms with E-state index < -0.39 is 0 Å². The molecule has 0 radical (unpaired) electrons. The minimum Gasteiger partial charge on any atom is -0.339 e. The number of nitrogens with one attached hydrogen (secondary N) is 1. The van der Waals surface area contributed by atoms with E-state index in [9.17, 15) is 4.79 Å². The van der Waals surface area contributed by atoms with Crippen LogP contribution in [-0.2, 0) is 11.2 Å². The van der Waals surface area contributed by atoms with E-state index in [1.165, 1.54) is 11.3 Å². The molecule has 0 aliphatic heterocycles. The number of nitrogens with zero attached hydrogens (tertiary/aromatic N) is 4. The first-order valence-corrected chi connectivity index (χ1v) is 9.67. The molecule has 4 aromatic rings. The predicted octanol–water partition coefficient (Wildman–Crippen LogP) is 4.48. The maximum atomic E-state index is 12.2. The summed E-state index contributed by atoms with van der Waals surface area (Å²) in [5.74, 6) is 0.684. The van der Waals surface area contributed by atoms with E-state index >= 15 is 0 Å². The number of benzene rings is 1. The Morgan fingerprint density at radius 1 is 1.14 bits per heavy atom. The number of rotatable bonds is 6. The molecule has 28 heavy (non-hydrogen) atoms. The van der Waals surface area contributed by atoms with Crippen LogP contribution in [0, 0.1) is 0 Å². The second-order valence-corrected chi connectivity index (χ2v) is 7.14. The Balaban J connectivity index is 1.33. The third-order valence-electron chi connectivity index (χ3n) is 3.84. The summed E-state index contributed by atoms with van der Waals surface area (Å²) in [6.45, 7) is 0. The summed E-state index contributed by atoms with van der Waals surface area (Å²) < 4.78 is 5.20. The zero-order valence-electron chi connectivity index (χ0n) is 14.5. The van der Waals surface area contributed by atoms with E-state index in [1.807, 2.05) is 23.6 Å². The average molecular weight is 412 g/mol.